The monoisotopic (exact) mass is 398 g/mol. The highest BCUT2D eigenvalue weighted by Crippen LogP contribution is 2.35. The van der Waals surface area contributed by atoms with E-state index in [1.165, 1.54) is 21.9 Å². The number of hydrogen-bond donors (Lipinski definition) is 1. The van der Waals surface area contributed by atoms with Gasteiger partial charge in [-0.05, 0) is 53.1 Å². The van der Waals surface area contributed by atoms with Crippen LogP contribution in [0.3, 0.4) is 0 Å². The molecule has 1 heterocycles. The topological polar surface area (TPSA) is 48.0 Å². The molecule has 0 unspecified atom stereocenters. The van der Waals surface area contributed by atoms with E-state index in [0.717, 1.165) is 21.8 Å². The summed E-state index contributed by atoms with van der Waals surface area (Å²) >= 11 is 6.34. The Morgan fingerprint density at radius 2 is 1.76 bits per heavy atom. The van der Waals surface area contributed by atoms with E-state index < -0.39 is 5.91 Å². The maximum Gasteiger partial charge on any atom is 0.249 e. The molecule has 1 amide bonds. The van der Waals surface area contributed by atoms with Crippen molar-refractivity contribution in [2.75, 3.05) is 0 Å². The number of nitrogens with two attached hydrogens (primary N) is 1. The summed E-state index contributed by atoms with van der Waals surface area (Å²) in [5, 5.41) is 4.97. The van der Waals surface area contributed by atoms with Crippen molar-refractivity contribution in [3.63, 3.8) is 0 Å². The highest BCUT2D eigenvalue weighted by Gasteiger charge is 2.18. The zero-order valence-corrected chi connectivity index (χ0v) is 16.7. The van der Waals surface area contributed by atoms with Crippen LogP contribution in [0.25, 0.3) is 32.6 Å². The number of aromatic nitrogens is 1. The predicted molar refractivity (Wildman–Crippen MR) is 121 cm³/mol. The van der Waals surface area contributed by atoms with Gasteiger partial charge in [0.15, 0.2) is 0 Å². The molecular formula is C25H19ClN2O. The van der Waals surface area contributed by atoms with Crippen molar-refractivity contribution in [1.82, 2.24) is 4.57 Å². The Labute approximate surface area is 173 Å². The summed E-state index contributed by atoms with van der Waals surface area (Å²) in [4.78, 5) is 12.1. The molecule has 0 fully saturated rings. The van der Waals surface area contributed by atoms with Crippen LogP contribution in [0.15, 0.2) is 72.8 Å². The van der Waals surface area contributed by atoms with Crippen LogP contribution in [-0.2, 0) is 6.54 Å². The van der Waals surface area contributed by atoms with E-state index in [1.54, 1.807) is 6.07 Å². The average molecular weight is 399 g/mol. The number of carbonyl (C=O) groups excluding carboxylic acids is 1. The first-order valence-corrected chi connectivity index (χ1v) is 9.90. The second-order valence-electron chi connectivity index (χ2n) is 7.39. The molecule has 0 atom stereocenters. The van der Waals surface area contributed by atoms with E-state index in [4.69, 9.17) is 17.3 Å². The molecule has 4 aromatic carbocycles. The van der Waals surface area contributed by atoms with E-state index in [9.17, 15) is 4.79 Å². The number of primary amides is 1. The lowest BCUT2D eigenvalue weighted by Crippen LogP contribution is -2.11. The lowest BCUT2D eigenvalue weighted by molar-refractivity contribution is 0.100. The van der Waals surface area contributed by atoms with Gasteiger partial charge in [-0.25, -0.2) is 0 Å². The van der Waals surface area contributed by atoms with Crippen LogP contribution in [-0.4, -0.2) is 10.5 Å². The number of amides is 1. The molecule has 5 rings (SSSR count). The van der Waals surface area contributed by atoms with E-state index in [1.807, 2.05) is 30.3 Å². The van der Waals surface area contributed by atoms with E-state index in [0.29, 0.717) is 17.1 Å². The molecule has 1 aromatic heterocycles. The number of fused-ring (bicyclic) bond motifs is 4. The van der Waals surface area contributed by atoms with Crippen molar-refractivity contribution in [2.24, 2.45) is 5.73 Å². The minimum absolute atomic E-state index is 0.425. The largest absolute Gasteiger partial charge is 0.366 e. The van der Waals surface area contributed by atoms with Crippen molar-refractivity contribution in [3.05, 3.63) is 94.5 Å². The Balaban J connectivity index is 1.86. The lowest BCUT2D eigenvalue weighted by Gasteiger charge is -2.14. The van der Waals surface area contributed by atoms with Crippen LogP contribution >= 0.6 is 11.6 Å². The fraction of sp³-hybridized carbons (Fsp3) is 0.0800. The summed E-state index contributed by atoms with van der Waals surface area (Å²) in [5.41, 5.74) is 10.7. The quantitative estimate of drug-likeness (QED) is 0.394. The second kappa shape index (κ2) is 6.64. The smallest absolute Gasteiger partial charge is 0.249 e. The summed E-state index contributed by atoms with van der Waals surface area (Å²) in [6, 6.07) is 24.2. The third kappa shape index (κ3) is 2.78. The third-order valence-electron chi connectivity index (χ3n) is 5.71. The minimum Gasteiger partial charge on any atom is -0.366 e. The zero-order chi connectivity index (χ0) is 20.1. The summed E-state index contributed by atoms with van der Waals surface area (Å²) in [6.07, 6.45) is 0. The second-order valence-corrected chi connectivity index (χ2v) is 7.83. The van der Waals surface area contributed by atoms with Gasteiger partial charge in [-0.2, -0.15) is 0 Å². The van der Waals surface area contributed by atoms with Crippen LogP contribution in [0.1, 0.15) is 21.5 Å². The van der Waals surface area contributed by atoms with E-state index in [2.05, 4.69) is 47.9 Å². The van der Waals surface area contributed by atoms with Crippen molar-refractivity contribution in [2.45, 2.75) is 13.5 Å². The molecule has 0 aliphatic rings. The van der Waals surface area contributed by atoms with Gasteiger partial charge in [0.1, 0.15) is 0 Å². The molecule has 0 radical (unpaired) electrons. The molecular weight excluding hydrogens is 380 g/mol. The molecule has 0 saturated heterocycles. The Morgan fingerprint density at radius 3 is 2.59 bits per heavy atom. The van der Waals surface area contributed by atoms with Gasteiger partial charge in [0.25, 0.3) is 0 Å². The zero-order valence-electron chi connectivity index (χ0n) is 15.9. The van der Waals surface area contributed by atoms with E-state index >= 15 is 0 Å². The normalized spacial score (nSPS) is 11.5. The Hall–Kier alpha value is -3.30. The molecule has 0 aliphatic carbocycles. The molecule has 0 spiro atoms. The average Bonchev–Trinajstić information content (AvgIpc) is 3.03. The first-order valence-electron chi connectivity index (χ1n) is 9.52. The fourth-order valence-corrected chi connectivity index (χ4v) is 4.47. The van der Waals surface area contributed by atoms with Crippen LogP contribution in [0, 0.1) is 6.92 Å². The molecule has 3 nitrogen and oxygen atoms in total. The van der Waals surface area contributed by atoms with E-state index in [-0.39, 0.29) is 0 Å². The number of rotatable bonds is 3. The maximum atomic E-state index is 12.1. The number of halogens is 1. The predicted octanol–water partition coefficient (Wildman–Crippen LogP) is 6.06. The summed E-state index contributed by atoms with van der Waals surface area (Å²) < 4.78 is 2.23. The number of hydrogen-bond acceptors (Lipinski definition) is 1. The summed E-state index contributed by atoms with van der Waals surface area (Å²) in [5.74, 6) is -0.425. The number of aryl methyl sites for hydroxylation is 1. The van der Waals surface area contributed by atoms with Gasteiger partial charge >= 0.3 is 0 Å². The van der Waals surface area contributed by atoms with Crippen molar-refractivity contribution in [3.8, 4) is 0 Å². The van der Waals surface area contributed by atoms with Crippen molar-refractivity contribution < 1.29 is 4.79 Å². The first kappa shape index (κ1) is 17.8. The molecule has 5 aromatic rings. The van der Waals surface area contributed by atoms with Crippen LogP contribution in [0.4, 0.5) is 0 Å². The van der Waals surface area contributed by atoms with Gasteiger partial charge in [-0.1, -0.05) is 60.1 Å². The van der Waals surface area contributed by atoms with Gasteiger partial charge in [0, 0.05) is 27.9 Å². The fourth-order valence-electron chi connectivity index (χ4n) is 4.31. The molecule has 4 heteroatoms. The maximum absolute atomic E-state index is 12.1. The molecule has 0 saturated carbocycles. The van der Waals surface area contributed by atoms with Crippen LogP contribution < -0.4 is 5.73 Å². The standard InChI is InChI=1S/C25H19ClN2O/c1-15-9-10-16-5-2-3-6-18(16)21(15)14-28-22-8-4-7-20(25(27)29)24(22)19-12-11-17(26)13-23(19)28/h2-13H,14H2,1H3,(H2,27,29). The van der Waals surface area contributed by atoms with Gasteiger partial charge in [0.2, 0.25) is 5.91 Å². The Bertz CT molecular complexity index is 1430. The number of carbonyl (C=O) groups is 1. The van der Waals surface area contributed by atoms with Crippen LogP contribution in [0.5, 0.6) is 0 Å². The van der Waals surface area contributed by atoms with Crippen molar-refractivity contribution in [1.29, 1.82) is 0 Å². The molecule has 2 N–H and O–H groups in total. The van der Waals surface area contributed by atoms with Gasteiger partial charge in [0.05, 0.1) is 11.0 Å². The molecule has 0 bridgehead atoms. The molecule has 142 valence electrons. The highest BCUT2D eigenvalue weighted by atomic mass is 35.5. The van der Waals surface area contributed by atoms with Crippen molar-refractivity contribution >= 4 is 50.1 Å². The number of nitrogens with zero attached hydrogens (tertiary/aromatic N) is 1. The van der Waals surface area contributed by atoms with Crippen LogP contribution in [0.2, 0.25) is 5.02 Å². The minimum atomic E-state index is -0.425. The SMILES string of the molecule is Cc1ccc2ccccc2c1Cn1c2cc(Cl)ccc2c2c(C(N)=O)cccc21. The first-order chi connectivity index (χ1) is 14.0. The highest BCUT2D eigenvalue weighted by molar-refractivity contribution is 6.32. The lowest BCUT2D eigenvalue weighted by atomic mass is 9.99. The number of benzene rings is 4. The Morgan fingerprint density at radius 1 is 0.931 bits per heavy atom. The molecule has 29 heavy (non-hydrogen) atoms. The summed E-state index contributed by atoms with van der Waals surface area (Å²) in [7, 11) is 0. The third-order valence-corrected chi connectivity index (χ3v) is 5.94. The molecule has 0 aliphatic heterocycles. The van der Waals surface area contributed by atoms with Gasteiger partial charge in [-0.15, -0.1) is 0 Å². The van der Waals surface area contributed by atoms with Gasteiger partial charge < -0.3 is 10.3 Å². The van der Waals surface area contributed by atoms with Gasteiger partial charge in [-0.3, -0.25) is 4.79 Å². The summed E-state index contributed by atoms with van der Waals surface area (Å²) in [6.45, 7) is 2.81. The Kier molecular flexibility index (Phi) is 4.07.